The van der Waals surface area contributed by atoms with Crippen molar-refractivity contribution < 1.29 is 0 Å². The summed E-state index contributed by atoms with van der Waals surface area (Å²) in [5, 5.41) is 10.7. The van der Waals surface area contributed by atoms with Crippen LogP contribution in [-0.4, -0.2) is 14.8 Å². The second-order valence-electron chi connectivity index (χ2n) is 9.11. The molecule has 3 aromatic carbocycles. The minimum atomic E-state index is 0.139. The molecule has 0 unspecified atom stereocenters. The van der Waals surface area contributed by atoms with E-state index in [9.17, 15) is 0 Å². The monoisotopic (exact) mass is 461 g/mol. The fourth-order valence-electron chi connectivity index (χ4n) is 3.75. The molecule has 4 rings (SSSR count). The van der Waals surface area contributed by atoms with Crippen molar-refractivity contribution in [2.45, 2.75) is 50.9 Å². The van der Waals surface area contributed by atoms with Gasteiger partial charge in [0.05, 0.1) is 0 Å². The molecule has 0 saturated carbocycles. The van der Waals surface area contributed by atoms with Crippen molar-refractivity contribution in [1.29, 1.82) is 0 Å². The third kappa shape index (κ3) is 4.77. The van der Waals surface area contributed by atoms with Gasteiger partial charge in [0.25, 0.3) is 0 Å². The third-order valence-corrected chi connectivity index (χ3v) is 6.87. The van der Waals surface area contributed by atoms with Crippen LogP contribution in [0.3, 0.4) is 0 Å². The van der Waals surface area contributed by atoms with E-state index in [1.165, 1.54) is 22.3 Å². The van der Waals surface area contributed by atoms with Crippen LogP contribution in [0.1, 0.15) is 43.0 Å². The summed E-state index contributed by atoms with van der Waals surface area (Å²) in [5.41, 5.74) is 7.54. The SMILES string of the molecule is Cc1cc(C(C)(C)C)cc(C)c1CSc1nnc(-c2ccccc2)n1-c1ccc(Cl)cc1. The zero-order chi connectivity index (χ0) is 22.9. The number of hydrogen-bond acceptors (Lipinski definition) is 3. The zero-order valence-corrected chi connectivity index (χ0v) is 20.8. The lowest BCUT2D eigenvalue weighted by molar-refractivity contribution is 0.589. The number of thioether (sulfide) groups is 1. The van der Waals surface area contributed by atoms with E-state index in [-0.39, 0.29) is 5.41 Å². The van der Waals surface area contributed by atoms with Crippen molar-refractivity contribution in [3.63, 3.8) is 0 Å². The molecule has 32 heavy (non-hydrogen) atoms. The first kappa shape index (κ1) is 22.6. The molecular formula is C27H28ClN3S. The lowest BCUT2D eigenvalue weighted by Crippen LogP contribution is -2.12. The van der Waals surface area contributed by atoms with Crippen LogP contribution in [-0.2, 0) is 11.2 Å². The molecule has 0 aliphatic carbocycles. The van der Waals surface area contributed by atoms with Crippen LogP contribution in [0.4, 0.5) is 0 Å². The smallest absolute Gasteiger partial charge is 0.196 e. The van der Waals surface area contributed by atoms with Crippen molar-refractivity contribution in [2.24, 2.45) is 0 Å². The largest absolute Gasteiger partial charge is 0.270 e. The Labute approximate surface area is 199 Å². The number of nitrogens with zero attached hydrogens (tertiary/aromatic N) is 3. The molecular weight excluding hydrogens is 434 g/mol. The van der Waals surface area contributed by atoms with E-state index in [4.69, 9.17) is 11.6 Å². The van der Waals surface area contributed by atoms with Gasteiger partial charge in [-0.25, -0.2) is 0 Å². The Morgan fingerprint density at radius 1 is 0.875 bits per heavy atom. The first-order chi connectivity index (χ1) is 15.2. The van der Waals surface area contributed by atoms with Gasteiger partial charge in [-0.3, -0.25) is 4.57 Å². The van der Waals surface area contributed by atoms with Gasteiger partial charge in [0.15, 0.2) is 11.0 Å². The second-order valence-corrected chi connectivity index (χ2v) is 10.5. The highest BCUT2D eigenvalue weighted by Crippen LogP contribution is 2.33. The van der Waals surface area contributed by atoms with Crippen LogP contribution >= 0.6 is 23.4 Å². The normalized spacial score (nSPS) is 11.7. The van der Waals surface area contributed by atoms with Crippen molar-refractivity contribution in [1.82, 2.24) is 14.8 Å². The van der Waals surface area contributed by atoms with Crippen molar-refractivity contribution in [2.75, 3.05) is 0 Å². The van der Waals surface area contributed by atoms with Gasteiger partial charge in [0, 0.05) is 22.0 Å². The van der Waals surface area contributed by atoms with Gasteiger partial charge in [-0.2, -0.15) is 0 Å². The number of aromatic nitrogens is 3. The topological polar surface area (TPSA) is 30.7 Å². The van der Waals surface area contributed by atoms with Gasteiger partial charge < -0.3 is 0 Å². The molecule has 0 bridgehead atoms. The number of hydrogen-bond donors (Lipinski definition) is 0. The molecule has 0 atom stereocenters. The third-order valence-electron chi connectivity index (χ3n) is 5.66. The Kier molecular flexibility index (Phi) is 6.45. The van der Waals surface area contributed by atoms with Crippen LogP contribution in [0.25, 0.3) is 17.1 Å². The highest BCUT2D eigenvalue weighted by Gasteiger charge is 2.19. The van der Waals surface area contributed by atoms with Gasteiger partial charge in [0.2, 0.25) is 0 Å². The molecule has 0 fully saturated rings. The predicted octanol–water partition coefficient (Wildman–Crippen LogP) is 7.79. The maximum atomic E-state index is 6.14. The maximum Gasteiger partial charge on any atom is 0.196 e. The molecule has 4 aromatic rings. The average Bonchev–Trinajstić information content (AvgIpc) is 3.17. The Morgan fingerprint density at radius 2 is 1.50 bits per heavy atom. The summed E-state index contributed by atoms with van der Waals surface area (Å²) >= 11 is 7.86. The molecule has 3 nitrogen and oxygen atoms in total. The lowest BCUT2D eigenvalue weighted by atomic mass is 9.84. The standard InChI is InChI=1S/C27H28ClN3S/c1-18-15-21(27(3,4)5)16-19(2)24(18)17-32-26-30-29-25(20-9-7-6-8-10-20)31(26)23-13-11-22(28)12-14-23/h6-16H,17H2,1-5H3. The molecule has 1 heterocycles. The lowest BCUT2D eigenvalue weighted by Gasteiger charge is -2.22. The molecule has 0 saturated heterocycles. The molecule has 0 radical (unpaired) electrons. The van der Waals surface area contributed by atoms with E-state index in [0.717, 1.165) is 28.0 Å². The highest BCUT2D eigenvalue weighted by molar-refractivity contribution is 7.98. The number of benzene rings is 3. The van der Waals surface area contributed by atoms with E-state index >= 15 is 0 Å². The number of rotatable bonds is 5. The van der Waals surface area contributed by atoms with Crippen LogP contribution in [0, 0.1) is 13.8 Å². The predicted molar refractivity (Wildman–Crippen MR) is 136 cm³/mol. The summed E-state index contributed by atoms with van der Waals surface area (Å²) in [6.45, 7) is 11.2. The summed E-state index contributed by atoms with van der Waals surface area (Å²) in [5.74, 6) is 1.66. The molecule has 0 aliphatic heterocycles. The zero-order valence-electron chi connectivity index (χ0n) is 19.2. The fourth-order valence-corrected chi connectivity index (χ4v) is 5.03. The van der Waals surface area contributed by atoms with E-state index in [1.54, 1.807) is 11.8 Å². The summed E-state index contributed by atoms with van der Waals surface area (Å²) in [6.07, 6.45) is 0. The first-order valence-corrected chi connectivity index (χ1v) is 12.1. The minimum Gasteiger partial charge on any atom is -0.270 e. The van der Waals surface area contributed by atoms with Crippen molar-refractivity contribution in [3.8, 4) is 17.1 Å². The van der Waals surface area contributed by atoms with E-state index in [2.05, 4.69) is 73.6 Å². The molecule has 0 spiro atoms. The van der Waals surface area contributed by atoms with Crippen molar-refractivity contribution >= 4 is 23.4 Å². The number of aryl methyl sites for hydroxylation is 2. The molecule has 164 valence electrons. The molecule has 0 amide bonds. The molecule has 0 aliphatic rings. The van der Waals surface area contributed by atoms with Gasteiger partial charge in [0.1, 0.15) is 0 Å². The fraction of sp³-hybridized carbons (Fsp3) is 0.259. The van der Waals surface area contributed by atoms with E-state index in [0.29, 0.717) is 5.02 Å². The second kappa shape index (κ2) is 9.13. The summed E-state index contributed by atoms with van der Waals surface area (Å²) < 4.78 is 2.12. The van der Waals surface area contributed by atoms with Crippen LogP contribution in [0.5, 0.6) is 0 Å². The van der Waals surface area contributed by atoms with E-state index in [1.807, 2.05) is 42.5 Å². The average molecular weight is 462 g/mol. The first-order valence-electron chi connectivity index (χ1n) is 10.7. The van der Waals surface area contributed by atoms with E-state index < -0.39 is 0 Å². The summed E-state index contributed by atoms with van der Waals surface area (Å²) in [4.78, 5) is 0. The van der Waals surface area contributed by atoms with Crippen LogP contribution in [0.2, 0.25) is 5.02 Å². The molecule has 1 aromatic heterocycles. The molecule has 5 heteroatoms. The quantitative estimate of drug-likeness (QED) is 0.284. The maximum absolute atomic E-state index is 6.14. The van der Waals surface area contributed by atoms with Gasteiger partial charge in [-0.1, -0.05) is 86.6 Å². The summed E-state index contributed by atoms with van der Waals surface area (Å²) in [6, 6.07) is 22.6. The Bertz CT molecular complexity index is 1200. The summed E-state index contributed by atoms with van der Waals surface area (Å²) in [7, 11) is 0. The minimum absolute atomic E-state index is 0.139. The Morgan fingerprint density at radius 3 is 2.09 bits per heavy atom. The van der Waals surface area contributed by atoms with Crippen LogP contribution < -0.4 is 0 Å². The van der Waals surface area contributed by atoms with Crippen LogP contribution in [0.15, 0.2) is 71.9 Å². The van der Waals surface area contributed by atoms with Gasteiger partial charge in [-0.15, -0.1) is 10.2 Å². The molecule has 0 N–H and O–H groups in total. The Balaban J connectivity index is 1.71. The highest BCUT2D eigenvalue weighted by atomic mass is 35.5. The number of halogens is 1. The van der Waals surface area contributed by atoms with Gasteiger partial charge in [-0.05, 0) is 65.8 Å². The Hall–Kier alpha value is -2.56. The van der Waals surface area contributed by atoms with Crippen molar-refractivity contribution in [3.05, 3.63) is 94.0 Å². The van der Waals surface area contributed by atoms with Gasteiger partial charge >= 0.3 is 0 Å².